The molecule has 0 N–H and O–H groups in total. The number of carbonyl (C=O) groups is 2. The van der Waals surface area contributed by atoms with E-state index < -0.39 is 11.9 Å². The van der Waals surface area contributed by atoms with Gasteiger partial charge < -0.3 is 9.47 Å². The standard InChI is InChI=1S/C16H18N2O4S/c1-4-22-16(20)12(8-17)10-6-5-7-11(10)14(23-3)13(9-18)15(19)21-2/h11H,4-7H2,1-3H3/b12-10+,14-13+/t11-/m1/s1. The van der Waals surface area contributed by atoms with E-state index in [-0.39, 0.29) is 23.7 Å². The Morgan fingerprint density at radius 1 is 1.30 bits per heavy atom. The second-order valence-corrected chi connectivity index (χ2v) is 5.57. The number of allylic oxidation sites excluding steroid dienone is 2. The summed E-state index contributed by atoms with van der Waals surface area (Å²) < 4.78 is 9.57. The molecule has 1 rings (SSSR count). The lowest BCUT2D eigenvalue weighted by Gasteiger charge is -2.17. The molecule has 0 radical (unpaired) electrons. The summed E-state index contributed by atoms with van der Waals surface area (Å²) in [6, 6.07) is 3.79. The lowest BCUT2D eigenvalue weighted by molar-refractivity contribution is -0.138. The first-order chi connectivity index (χ1) is 11.0. The van der Waals surface area contributed by atoms with Gasteiger partial charge in [0.25, 0.3) is 0 Å². The van der Waals surface area contributed by atoms with Gasteiger partial charge in [-0.05, 0) is 38.0 Å². The van der Waals surface area contributed by atoms with Crippen molar-refractivity contribution in [3.05, 3.63) is 21.6 Å². The minimum Gasteiger partial charge on any atom is -0.465 e. The number of thioether (sulfide) groups is 1. The fourth-order valence-electron chi connectivity index (χ4n) is 2.61. The number of esters is 2. The van der Waals surface area contributed by atoms with Crippen LogP contribution in [0.1, 0.15) is 26.2 Å². The average molecular weight is 334 g/mol. The summed E-state index contributed by atoms with van der Waals surface area (Å²) in [4.78, 5) is 24.3. The van der Waals surface area contributed by atoms with Crippen molar-refractivity contribution in [3.8, 4) is 12.1 Å². The molecule has 0 aliphatic heterocycles. The quantitative estimate of drug-likeness (QED) is 0.432. The van der Waals surface area contributed by atoms with Crippen LogP contribution in [0.25, 0.3) is 0 Å². The number of methoxy groups -OCH3 is 1. The minimum absolute atomic E-state index is 0.0249. The summed E-state index contributed by atoms with van der Waals surface area (Å²) in [6.45, 7) is 1.85. The molecule has 6 nitrogen and oxygen atoms in total. The maximum atomic E-state index is 12.0. The number of nitriles is 2. The largest absolute Gasteiger partial charge is 0.465 e. The second-order valence-electron chi connectivity index (χ2n) is 4.72. The first-order valence-electron chi connectivity index (χ1n) is 7.12. The Hall–Kier alpha value is -2.25. The third-order valence-electron chi connectivity index (χ3n) is 3.56. The van der Waals surface area contributed by atoms with Crippen molar-refractivity contribution in [3.63, 3.8) is 0 Å². The van der Waals surface area contributed by atoms with Crippen LogP contribution < -0.4 is 0 Å². The maximum Gasteiger partial charge on any atom is 0.349 e. The summed E-state index contributed by atoms with van der Waals surface area (Å²) in [5.74, 6) is -1.68. The average Bonchev–Trinajstić information content (AvgIpc) is 3.01. The maximum absolute atomic E-state index is 12.0. The molecule has 1 fully saturated rings. The second kappa shape index (κ2) is 9.02. The topological polar surface area (TPSA) is 100 Å². The molecule has 0 heterocycles. The van der Waals surface area contributed by atoms with E-state index in [0.717, 1.165) is 6.42 Å². The van der Waals surface area contributed by atoms with E-state index in [0.29, 0.717) is 23.3 Å². The van der Waals surface area contributed by atoms with Gasteiger partial charge in [0.1, 0.15) is 23.3 Å². The molecule has 0 aromatic carbocycles. The zero-order valence-corrected chi connectivity index (χ0v) is 14.2. The molecule has 1 aliphatic rings. The Bertz CT molecular complexity index is 637. The van der Waals surface area contributed by atoms with E-state index in [1.807, 2.05) is 12.1 Å². The molecule has 1 saturated carbocycles. The van der Waals surface area contributed by atoms with Gasteiger partial charge in [0.15, 0.2) is 0 Å². The van der Waals surface area contributed by atoms with E-state index in [1.54, 1.807) is 13.2 Å². The van der Waals surface area contributed by atoms with Gasteiger partial charge in [-0.25, -0.2) is 9.59 Å². The summed E-state index contributed by atoms with van der Waals surface area (Å²) in [6.07, 6.45) is 3.76. The van der Waals surface area contributed by atoms with Crippen molar-refractivity contribution < 1.29 is 19.1 Å². The Morgan fingerprint density at radius 3 is 2.48 bits per heavy atom. The highest BCUT2D eigenvalue weighted by Gasteiger charge is 2.33. The molecule has 0 bridgehead atoms. The van der Waals surface area contributed by atoms with Gasteiger partial charge in [-0.15, -0.1) is 11.8 Å². The van der Waals surface area contributed by atoms with Crippen molar-refractivity contribution in [2.24, 2.45) is 5.92 Å². The molecule has 0 unspecified atom stereocenters. The number of nitrogens with zero attached hydrogens (tertiary/aromatic N) is 2. The highest BCUT2D eigenvalue weighted by Crippen LogP contribution is 2.43. The van der Waals surface area contributed by atoms with Gasteiger partial charge in [-0.2, -0.15) is 10.5 Å². The Morgan fingerprint density at radius 2 is 2.00 bits per heavy atom. The van der Waals surface area contributed by atoms with Crippen LogP contribution in [0, 0.1) is 28.6 Å². The third-order valence-corrected chi connectivity index (χ3v) is 4.48. The Balaban J connectivity index is 3.42. The van der Waals surface area contributed by atoms with Gasteiger partial charge in [-0.3, -0.25) is 0 Å². The molecule has 0 aromatic rings. The third kappa shape index (κ3) is 4.14. The van der Waals surface area contributed by atoms with Crippen molar-refractivity contribution in [2.75, 3.05) is 20.0 Å². The molecule has 7 heteroatoms. The predicted octanol–water partition coefficient (Wildman–Crippen LogP) is 2.48. The van der Waals surface area contributed by atoms with Crippen LogP contribution in [-0.2, 0) is 19.1 Å². The molecule has 122 valence electrons. The van der Waals surface area contributed by atoms with Crippen LogP contribution in [0.15, 0.2) is 21.6 Å². The van der Waals surface area contributed by atoms with Gasteiger partial charge in [-0.1, -0.05) is 0 Å². The highest BCUT2D eigenvalue weighted by atomic mass is 32.2. The van der Waals surface area contributed by atoms with E-state index in [4.69, 9.17) is 4.74 Å². The van der Waals surface area contributed by atoms with E-state index >= 15 is 0 Å². The zero-order chi connectivity index (χ0) is 17.4. The van der Waals surface area contributed by atoms with Crippen LogP contribution in [0.5, 0.6) is 0 Å². The van der Waals surface area contributed by atoms with Crippen LogP contribution in [-0.4, -0.2) is 31.9 Å². The fourth-order valence-corrected chi connectivity index (χ4v) is 3.49. The summed E-state index contributed by atoms with van der Waals surface area (Å²) in [5, 5.41) is 18.6. The molecule has 0 amide bonds. The lowest BCUT2D eigenvalue weighted by Crippen LogP contribution is -2.14. The predicted molar refractivity (Wildman–Crippen MR) is 84.8 cm³/mol. The first kappa shape index (κ1) is 18.8. The number of rotatable bonds is 5. The van der Waals surface area contributed by atoms with Crippen molar-refractivity contribution >= 4 is 23.7 Å². The van der Waals surface area contributed by atoms with Crippen LogP contribution in [0.2, 0.25) is 0 Å². The minimum atomic E-state index is -0.710. The van der Waals surface area contributed by atoms with Crippen LogP contribution >= 0.6 is 11.8 Å². The van der Waals surface area contributed by atoms with Gasteiger partial charge >= 0.3 is 11.9 Å². The molecular formula is C16H18N2O4S. The molecule has 23 heavy (non-hydrogen) atoms. The van der Waals surface area contributed by atoms with E-state index in [1.165, 1.54) is 18.9 Å². The monoisotopic (exact) mass is 334 g/mol. The van der Waals surface area contributed by atoms with Crippen LogP contribution in [0.4, 0.5) is 0 Å². The molecule has 1 aliphatic carbocycles. The number of ether oxygens (including phenoxy) is 2. The van der Waals surface area contributed by atoms with Gasteiger partial charge in [0.05, 0.1) is 13.7 Å². The van der Waals surface area contributed by atoms with E-state index in [2.05, 4.69) is 4.74 Å². The normalized spacial score (nSPS) is 20.0. The lowest BCUT2D eigenvalue weighted by atomic mass is 9.95. The summed E-state index contributed by atoms with van der Waals surface area (Å²) in [5.41, 5.74) is 0.528. The SMILES string of the molecule is CCOC(=O)/C(C#N)=C1\CCC[C@H]1/C(SC)=C(/C#N)C(=O)OC. The van der Waals surface area contributed by atoms with Gasteiger partial charge in [0, 0.05) is 10.8 Å². The number of hydrogen-bond donors (Lipinski definition) is 0. The van der Waals surface area contributed by atoms with E-state index in [9.17, 15) is 20.1 Å². The van der Waals surface area contributed by atoms with Crippen molar-refractivity contribution in [1.82, 2.24) is 0 Å². The van der Waals surface area contributed by atoms with Crippen LogP contribution in [0.3, 0.4) is 0 Å². The summed E-state index contributed by atoms with van der Waals surface area (Å²) >= 11 is 1.26. The smallest absolute Gasteiger partial charge is 0.349 e. The summed E-state index contributed by atoms with van der Waals surface area (Å²) in [7, 11) is 1.21. The Labute approximate surface area is 139 Å². The first-order valence-corrected chi connectivity index (χ1v) is 8.34. The van der Waals surface area contributed by atoms with Crippen molar-refractivity contribution in [2.45, 2.75) is 26.2 Å². The fraction of sp³-hybridized carbons (Fsp3) is 0.500. The number of hydrogen-bond acceptors (Lipinski definition) is 7. The molecule has 0 aromatic heterocycles. The molecule has 1 atom stereocenters. The molecule has 0 spiro atoms. The number of carbonyl (C=O) groups excluding carboxylic acids is 2. The highest BCUT2D eigenvalue weighted by molar-refractivity contribution is 8.02. The zero-order valence-electron chi connectivity index (χ0n) is 13.3. The Kier molecular flexibility index (Phi) is 7.37. The van der Waals surface area contributed by atoms with Crippen molar-refractivity contribution in [1.29, 1.82) is 10.5 Å². The molecular weight excluding hydrogens is 316 g/mol. The van der Waals surface area contributed by atoms with Gasteiger partial charge in [0.2, 0.25) is 0 Å². The molecule has 0 saturated heterocycles.